The van der Waals surface area contributed by atoms with Gasteiger partial charge in [-0.1, -0.05) is 29.8 Å². The summed E-state index contributed by atoms with van der Waals surface area (Å²) in [5.74, 6) is -0.198. The van der Waals surface area contributed by atoms with Crippen molar-refractivity contribution in [3.63, 3.8) is 0 Å². The Morgan fingerprint density at radius 3 is 2.14 bits per heavy atom. The van der Waals surface area contributed by atoms with Gasteiger partial charge in [0, 0.05) is 24.7 Å². The van der Waals surface area contributed by atoms with E-state index in [0.29, 0.717) is 12.1 Å². The first-order chi connectivity index (χ1) is 10.0. The second kappa shape index (κ2) is 6.70. The highest BCUT2D eigenvalue weighted by Gasteiger charge is 2.04. The largest absolute Gasteiger partial charge is 0.348 e. The van der Waals surface area contributed by atoms with Gasteiger partial charge in [0.15, 0.2) is 0 Å². The van der Waals surface area contributed by atoms with Crippen molar-refractivity contribution in [1.29, 1.82) is 0 Å². The average molecular weight is 282 g/mol. The molecule has 0 bridgehead atoms. The Labute approximate surface area is 124 Å². The van der Waals surface area contributed by atoms with E-state index in [-0.39, 0.29) is 11.8 Å². The molecular weight excluding hydrogens is 264 g/mol. The Bertz CT molecular complexity index is 631. The molecule has 0 spiro atoms. The number of carbonyl (C=O) groups excluding carboxylic acids is 2. The summed E-state index contributed by atoms with van der Waals surface area (Å²) in [7, 11) is 0. The van der Waals surface area contributed by atoms with Gasteiger partial charge in [0.05, 0.1) is 0 Å². The van der Waals surface area contributed by atoms with Crippen molar-refractivity contribution in [2.75, 3.05) is 5.32 Å². The van der Waals surface area contributed by atoms with Crippen molar-refractivity contribution in [2.45, 2.75) is 20.4 Å². The summed E-state index contributed by atoms with van der Waals surface area (Å²) in [6, 6.07) is 14.8. The van der Waals surface area contributed by atoms with Crippen LogP contribution in [0.15, 0.2) is 48.5 Å². The molecule has 4 heteroatoms. The number of hydrogen-bond acceptors (Lipinski definition) is 2. The molecule has 0 fully saturated rings. The Kier molecular flexibility index (Phi) is 4.72. The molecule has 2 rings (SSSR count). The molecule has 0 atom stereocenters. The summed E-state index contributed by atoms with van der Waals surface area (Å²) in [4.78, 5) is 22.9. The normalized spacial score (nSPS) is 10.0. The fraction of sp³-hybridized carbons (Fsp3) is 0.176. The minimum Gasteiger partial charge on any atom is -0.348 e. The van der Waals surface area contributed by atoms with E-state index >= 15 is 0 Å². The Hall–Kier alpha value is -2.62. The van der Waals surface area contributed by atoms with Crippen molar-refractivity contribution >= 4 is 17.5 Å². The van der Waals surface area contributed by atoms with Gasteiger partial charge < -0.3 is 10.6 Å². The maximum Gasteiger partial charge on any atom is 0.251 e. The maximum atomic E-state index is 12.0. The minimum absolute atomic E-state index is 0.0964. The van der Waals surface area contributed by atoms with Crippen molar-refractivity contribution in [3.8, 4) is 0 Å². The highest BCUT2D eigenvalue weighted by atomic mass is 16.2. The number of aryl methyl sites for hydroxylation is 1. The predicted octanol–water partition coefficient (Wildman–Crippen LogP) is 2.88. The second-order valence-corrected chi connectivity index (χ2v) is 4.93. The van der Waals surface area contributed by atoms with Crippen LogP contribution in [-0.2, 0) is 11.3 Å². The molecule has 0 aliphatic rings. The van der Waals surface area contributed by atoms with Crippen molar-refractivity contribution in [3.05, 3.63) is 65.2 Å². The van der Waals surface area contributed by atoms with E-state index in [2.05, 4.69) is 10.6 Å². The highest BCUT2D eigenvalue weighted by Crippen LogP contribution is 2.10. The monoisotopic (exact) mass is 282 g/mol. The summed E-state index contributed by atoms with van der Waals surface area (Å²) in [6.07, 6.45) is 0. The van der Waals surface area contributed by atoms with E-state index in [1.807, 2.05) is 55.5 Å². The zero-order chi connectivity index (χ0) is 15.2. The number of benzene rings is 2. The quantitative estimate of drug-likeness (QED) is 0.906. The predicted molar refractivity (Wildman–Crippen MR) is 83.1 cm³/mol. The van der Waals surface area contributed by atoms with Gasteiger partial charge in [0.1, 0.15) is 0 Å². The molecule has 108 valence electrons. The molecule has 0 heterocycles. The molecule has 0 aliphatic heterocycles. The lowest BCUT2D eigenvalue weighted by Gasteiger charge is -2.07. The first-order valence-electron chi connectivity index (χ1n) is 6.76. The number of amides is 2. The molecule has 2 amide bonds. The van der Waals surface area contributed by atoms with Gasteiger partial charge in [0.25, 0.3) is 5.91 Å². The Morgan fingerprint density at radius 2 is 1.57 bits per heavy atom. The molecule has 0 saturated heterocycles. The summed E-state index contributed by atoms with van der Waals surface area (Å²) in [6.45, 7) is 3.90. The van der Waals surface area contributed by atoms with Crippen LogP contribution >= 0.6 is 0 Å². The summed E-state index contributed by atoms with van der Waals surface area (Å²) in [5.41, 5.74) is 3.50. The lowest BCUT2D eigenvalue weighted by atomic mass is 10.1. The minimum atomic E-state index is -0.101. The molecule has 2 aromatic rings. The molecule has 0 unspecified atom stereocenters. The van der Waals surface area contributed by atoms with Crippen molar-refractivity contribution < 1.29 is 9.59 Å². The fourth-order valence-electron chi connectivity index (χ4n) is 1.90. The zero-order valence-corrected chi connectivity index (χ0v) is 12.1. The summed E-state index contributed by atoms with van der Waals surface area (Å²) >= 11 is 0. The van der Waals surface area contributed by atoms with Crippen LogP contribution in [0.5, 0.6) is 0 Å². The van der Waals surface area contributed by atoms with Crippen LogP contribution in [0.3, 0.4) is 0 Å². The van der Waals surface area contributed by atoms with Crippen LogP contribution in [0.1, 0.15) is 28.4 Å². The summed E-state index contributed by atoms with van der Waals surface area (Å²) < 4.78 is 0. The number of anilines is 1. The summed E-state index contributed by atoms with van der Waals surface area (Å²) in [5, 5.41) is 5.57. The van der Waals surface area contributed by atoms with E-state index < -0.39 is 0 Å². The van der Waals surface area contributed by atoms with Crippen LogP contribution in [0, 0.1) is 6.92 Å². The average Bonchev–Trinajstić information content (AvgIpc) is 2.46. The smallest absolute Gasteiger partial charge is 0.251 e. The van der Waals surface area contributed by atoms with Crippen LogP contribution in [0.4, 0.5) is 5.69 Å². The van der Waals surface area contributed by atoms with E-state index in [0.717, 1.165) is 16.8 Å². The fourth-order valence-corrected chi connectivity index (χ4v) is 1.90. The Balaban J connectivity index is 1.92. The Morgan fingerprint density at radius 1 is 0.952 bits per heavy atom. The molecule has 0 aliphatic carbocycles. The van der Waals surface area contributed by atoms with Crippen molar-refractivity contribution in [1.82, 2.24) is 5.32 Å². The second-order valence-electron chi connectivity index (χ2n) is 4.93. The van der Waals surface area contributed by atoms with E-state index in [4.69, 9.17) is 0 Å². The van der Waals surface area contributed by atoms with Gasteiger partial charge >= 0.3 is 0 Å². The van der Waals surface area contributed by atoms with Crippen LogP contribution in [-0.4, -0.2) is 11.8 Å². The lowest BCUT2D eigenvalue weighted by molar-refractivity contribution is -0.114. The lowest BCUT2D eigenvalue weighted by Crippen LogP contribution is -2.22. The number of hydrogen-bond donors (Lipinski definition) is 2. The zero-order valence-electron chi connectivity index (χ0n) is 12.1. The van der Waals surface area contributed by atoms with Crippen molar-refractivity contribution in [2.24, 2.45) is 0 Å². The third-order valence-corrected chi connectivity index (χ3v) is 3.04. The van der Waals surface area contributed by atoms with Gasteiger partial charge in [-0.2, -0.15) is 0 Å². The maximum absolute atomic E-state index is 12.0. The van der Waals surface area contributed by atoms with E-state index in [1.54, 1.807) is 0 Å². The molecule has 0 aromatic heterocycles. The molecular formula is C17H18N2O2. The molecule has 0 saturated carbocycles. The number of carbonyl (C=O) groups is 2. The molecule has 0 radical (unpaired) electrons. The van der Waals surface area contributed by atoms with Gasteiger partial charge in [-0.3, -0.25) is 9.59 Å². The first kappa shape index (κ1) is 14.8. The standard InChI is InChI=1S/C17H18N2O2/c1-12-3-7-15(8-4-12)17(21)18-11-14-5-9-16(10-6-14)19-13(2)20/h3-10H,11H2,1-2H3,(H,18,21)(H,19,20). The molecule has 4 nitrogen and oxygen atoms in total. The first-order valence-corrected chi connectivity index (χ1v) is 6.76. The van der Waals surface area contributed by atoms with Gasteiger partial charge in [-0.15, -0.1) is 0 Å². The number of nitrogens with one attached hydrogen (secondary N) is 2. The van der Waals surface area contributed by atoms with E-state index in [9.17, 15) is 9.59 Å². The third-order valence-electron chi connectivity index (χ3n) is 3.04. The van der Waals surface area contributed by atoms with Gasteiger partial charge in [-0.05, 0) is 36.8 Å². The van der Waals surface area contributed by atoms with Crippen LogP contribution in [0.25, 0.3) is 0 Å². The molecule has 2 N–H and O–H groups in total. The molecule has 2 aromatic carbocycles. The van der Waals surface area contributed by atoms with Crippen LogP contribution < -0.4 is 10.6 Å². The third kappa shape index (κ3) is 4.45. The molecule has 21 heavy (non-hydrogen) atoms. The van der Waals surface area contributed by atoms with Gasteiger partial charge in [0.2, 0.25) is 5.91 Å². The topological polar surface area (TPSA) is 58.2 Å². The SMILES string of the molecule is CC(=O)Nc1ccc(CNC(=O)c2ccc(C)cc2)cc1. The van der Waals surface area contributed by atoms with E-state index in [1.165, 1.54) is 6.92 Å². The van der Waals surface area contributed by atoms with Crippen LogP contribution in [0.2, 0.25) is 0 Å². The number of rotatable bonds is 4. The highest BCUT2D eigenvalue weighted by molar-refractivity contribution is 5.94. The van der Waals surface area contributed by atoms with Gasteiger partial charge in [-0.25, -0.2) is 0 Å².